The minimum atomic E-state index is 0.00849. The van der Waals surface area contributed by atoms with Crippen molar-refractivity contribution in [2.24, 2.45) is 0 Å². The van der Waals surface area contributed by atoms with E-state index in [-0.39, 0.29) is 6.17 Å². The molecular formula is C6H10Cl2N2O. The van der Waals surface area contributed by atoms with Crippen LogP contribution in [0.15, 0.2) is 11.4 Å². The third-order valence-corrected chi connectivity index (χ3v) is 2.34. The fraction of sp³-hybridized carbons (Fsp3) is 0.667. The molecule has 0 amide bonds. The van der Waals surface area contributed by atoms with Crippen molar-refractivity contribution in [1.29, 1.82) is 0 Å². The first kappa shape index (κ1) is 8.97. The SMILES string of the molecule is CCC1N(OC)C=C(Cl)N1Cl. The molecule has 0 aliphatic carbocycles. The second-order valence-electron chi connectivity index (χ2n) is 2.19. The van der Waals surface area contributed by atoms with Gasteiger partial charge < -0.3 is 0 Å². The second kappa shape index (κ2) is 3.52. The first-order chi connectivity index (χ1) is 5.20. The predicted molar refractivity (Wildman–Crippen MR) is 44.6 cm³/mol. The molecule has 11 heavy (non-hydrogen) atoms. The van der Waals surface area contributed by atoms with Gasteiger partial charge in [-0.2, -0.15) is 0 Å². The standard InChI is InChI=1S/C6H10Cl2N2O/c1-3-6-9(11-2)4-5(7)10(6)8/h4,6H,3H2,1-2H3. The van der Waals surface area contributed by atoms with E-state index in [0.717, 1.165) is 6.42 Å². The largest absolute Gasteiger partial charge is 0.275 e. The Bertz CT molecular complexity index is 174. The molecule has 0 bridgehead atoms. The maximum absolute atomic E-state index is 5.81. The molecule has 1 rings (SSSR count). The summed E-state index contributed by atoms with van der Waals surface area (Å²) in [5.41, 5.74) is 0. The zero-order valence-corrected chi connectivity index (χ0v) is 7.93. The van der Waals surface area contributed by atoms with Gasteiger partial charge in [0.1, 0.15) is 11.3 Å². The van der Waals surface area contributed by atoms with Crippen LogP contribution in [0.5, 0.6) is 0 Å². The van der Waals surface area contributed by atoms with Gasteiger partial charge in [-0.25, -0.2) is 9.48 Å². The zero-order chi connectivity index (χ0) is 8.43. The van der Waals surface area contributed by atoms with E-state index in [1.54, 1.807) is 18.4 Å². The van der Waals surface area contributed by atoms with Gasteiger partial charge in [0.15, 0.2) is 0 Å². The summed E-state index contributed by atoms with van der Waals surface area (Å²) in [7, 11) is 1.58. The van der Waals surface area contributed by atoms with Crippen LogP contribution in [-0.2, 0) is 4.84 Å². The van der Waals surface area contributed by atoms with Gasteiger partial charge in [0, 0.05) is 11.8 Å². The van der Waals surface area contributed by atoms with Gasteiger partial charge in [0.2, 0.25) is 0 Å². The summed E-state index contributed by atoms with van der Waals surface area (Å²) < 4.78 is 1.45. The maximum atomic E-state index is 5.81. The molecule has 0 aromatic heterocycles. The number of nitrogens with zero attached hydrogens (tertiary/aromatic N) is 2. The smallest absolute Gasteiger partial charge is 0.142 e. The minimum Gasteiger partial charge on any atom is -0.275 e. The minimum absolute atomic E-state index is 0.00849. The first-order valence-electron chi connectivity index (χ1n) is 3.35. The second-order valence-corrected chi connectivity index (χ2v) is 2.95. The molecule has 1 atom stereocenters. The monoisotopic (exact) mass is 196 g/mol. The Morgan fingerprint density at radius 2 is 2.36 bits per heavy atom. The van der Waals surface area contributed by atoms with Crippen LogP contribution in [0.3, 0.4) is 0 Å². The average Bonchev–Trinajstić information content (AvgIpc) is 2.28. The summed E-state index contributed by atoms with van der Waals surface area (Å²) >= 11 is 11.6. The van der Waals surface area contributed by atoms with Crippen molar-refractivity contribution in [2.45, 2.75) is 19.5 Å². The highest BCUT2D eigenvalue weighted by Gasteiger charge is 2.28. The topological polar surface area (TPSA) is 15.7 Å². The van der Waals surface area contributed by atoms with Crippen molar-refractivity contribution in [3.05, 3.63) is 11.4 Å². The van der Waals surface area contributed by atoms with Gasteiger partial charge in [0.25, 0.3) is 0 Å². The number of halogens is 2. The van der Waals surface area contributed by atoms with Crippen LogP contribution < -0.4 is 0 Å². The number of hydroxylamine groups is 2. The lowest BCUT2D eigenvalue weighted by Gasteiger charge is -2.24. The van der Waals surface area contributed by atoms with E-state index in [0.29, 0.717) is 5.16 Å². The average molecular weight is 197 g/mol. The third-order valence-electron chi connectivity index (χ3n) is 1.57. The molecule has 3 nitrogen and oxygen atoms in total. The Hall–Kier alpha value is -0.120. The fourth-order valence-corrected chi connectivity index (χ4v) is 1.48. The van der Waals surface area contributed by atoms with E-state index in [2.05, 4.69) is 0 Å². The van der Waals surface area contributed by atoms with Crippen molar-refractivity contribution in [3.8, 4) is 0 Å². The molecule has 1 heterocycles. The van der Waals surface area contributed by atoms with E-state index < -0.39 is 0 Å². The predicted octanol–water partition coefficient (Wildman–Crippen LogP) is 2.09. The summed E-state index contributed by atoms with van der Waals surface area (Å²) in [6, 6.07) is 0. The molecule has 0 aromatic carbocycles. The molecular weight excluding hydrogens is 187 g/mol. The molecule has 0 saturated heterocycles. The number of hydrogen-bond acceptors (Lipinski definition) is 3. The normalized spacial score (nSPS) is 24.4. The lowest BCUT2D eigenvalue weighted by Crippen LogP contribution is -2.32. The van der Waals surface area contributed by atoms with Crippen LogP contribution in [0.25, 0.3) is 0 Å². The highest BCUT2D eigenvalue weighted by molar-refractivity contribution is 6.33. The summed E-state index contributed by atoms with van der Waals surface area (Å²) in [6.07, 6.45) is 2.52. The number of hydrogen-bond donors (Lipinski definition) is 0. The molecule has 1 unspecified atom stereocenters. The summed E-state index contributed by atoms with van der Waals surface area (Å²) in [5.74, 6) is 0. The van der Waals surface area contributed by atoms with Crippen LogP contribution >= 0.6 is 23.4 Å². The van der Waals surface area contributed by atoms with Crippen LogP contribution in [0, 0.1) is 0 Å². The molecule has 1 aliphatic heterocycles. The molecule has 0 spiro atoms. The summed E-state index contributed by atoms with van der Waals surface area (Å²) in [6.45, 7) is 2.01. The Balaban J connectivity index is 2.67. The van der Waals surface area contributed by atoms with Crippen LogP contribution in [0.2, 0.25) is 0 Å². The Kier molecular flexibility index (Phi) is 2.87. The molecule has 1 aliphatic rings. The van der Waals surface area contributed by atoms with Crippen molar-refractivity contribution in [2.75, 3.05) is 7.11 Å². The van der Waals surface area contributed by atoms with Gasteiger partial charge in [-0.05, 0) is 6.42 Å². The molecule has 0 radical (unpaired) electrons. The molecule has 0 N–H and O–H groups in total. The van der Waals surface area contributed by atoms with E-state index >= 15 is 0 Å². The van der Waals surface area contributed by atoms with E-state index in [4.69, 9.17) is 28.2 Å². The van der Waals surface area contributed by atoms with E-state index in [1.165, 1.54) is 4.42 Å². The fourth-order valence-electron chi connectivity index (χ4n) is 1.00. The highest BCUT2D eigenvalue weighted by atomic mass is 35.5. The molecule has 0 saturated carbocycles. The summed E-state index contributed by atoms with van der Waals surface area (Å²) in [5, 5.41) is 2.11. The van der Waals surface area contributed by atoms with Crippen molar-refractivity contribution in [3.63, 3.8) is 0 Å². The Labute approximate surface area is 76.2 Å². The van der Waals surface area contributed by atoms with Gasteiger partial charge in [-0.15, -0.1) is 0 Å². The van der Waals surface area contributed by atoms with Crippen molar-refractivity contribution >= 4 is 23.4 Å². The van der Waals surface area contributed by atoms with Crippen molar-refractivity contribution < 1.29 is 4.84 Å². The van der Waals surface area contributed by atoms with Crippen molar-refractivity contribution in [1.82, 2.24) is 9.48 Å². The highest BCUT2D eigenvalue weighted by Crippen LogP contribution is 2.28. The van der Waals surface area contributed by atoms with E-state index in [9.17, 15) is 0 Å². The molecule has 5 heteroatoms. The van der Waals surface area contributed by atoms with Gasteiger partial charge in [-0.1, -0.05) is 18.5 Å². The lowest BCUT2D eigenvalue weighted by molar-refractivity contribution is -0.129. The van der Waals surface area contributed by atoms with E-state index in [1.807, 2.05) is 6.92 Å². The third kappa shape index (κ3) is 1.55. The molecule has 0 aromatic rings. The van der Waals surface area contributed by atoms with Gasteiger partial charge in [0.05, 0.1) is 13.3 Å². The van der Waals surface area contributed by atoms with Crippen LogP contribution in [0.1, 0.15) is 13.3 Å². The summed E-state index contributed by atoms with van der Waals surface area (Å²) in [4.78, 5) is 5.00. The van der Waals surface area contributed by atoms with Gasteiger partial charge in [-0.3, -0.25) is 4.84 Å². The van der Waals surface area contributed by atoms with Crippen LogP contribution in [0.4, 0.5) is 0 Å². The van der Waals surface area contributed by atoms with Crippen LogP contribution in [-0.4, -0.2) is 22.8 Å². The lowest BCUT2D eigenvalue weighted by atomic mass is 10.4. The molecule has 0 fully saturated rings. The zero-order valence-electron chi connectivity index (χ0n) is 6.42. The first-order valence-corrected chi connectivity index (χ1v) is 4.07. The Morgan fingerprint density at radius 1 is 1.73 bits per heavy atom. The number of rotatable bonds is 2. The maximum Gasteiger partial charge on any atom is 0.142 e. The quantitative estimate of drug-likeness (QED) is 0.498. The molecule has 64 valence electrons. The Morgan fingerprint density at radius 3 is 2.73 bits per heavy atom. The van der Waals surface area contributed by atoms with Gasteiger partial charge >= 0.3 is 0 Å².